The Bertz CT molecular complexity index is 241. The third-order valence-corrected chi connectivity index (χ3v) is 1.92. The van der Waals surface area contributed by atoms with Crippen molar-refractivity contribution in [3.05, 3.63) is 24.0 Å². The zero-order chi connectivity index (χ0) is 8.97. The van der Waals surface area contributed by atoms with Gasteiger partial charge in [-0.2, -0.15) is 0 Å². The largest absolute Gasteiger partial charge is 0.469 e. The number of nitrogens with one attached hydrogen (secondary N) is 1. The molecule has 1 heterocycles. The zero-order valence-corrected chi connectivity index (χ0v) is 7.33. The first kappa shape index (κ1) is 8.84. The first-order chi connectivity index (χ1) is 5.79. The lowest BCUT2D eigenvalue weighted by Gasteiger charge is -2.09. The normalized spacial score (nSPS) is 12.5. The lowest BCUT2D eigenvalue weighted by atomic mass is 10.00. The molecule has 66 valence electrons. The van der Waals surface area contributed by atoms with Gasteiger partial charge < -0.3 is 9.72 Å². The van der Waals surface area contributed by atoms with Gasteiger partial charge in [0.05, 0.1) is 13.0 Å². The molecule has 1 atom stereocenters. The van der Waals surface area contributed by atoms with Crippen molar-refractivity contribution in [3.63, 3.8) is 0 Å². The molecule has 0 aliphatic rings. The van der Waals surface area contributed by atoms with Crippen molar-refractivity contribution in [1.29, 1.82) is 0 Å². The Kier molecular flexibility index (Phi) is 2.91. The molecule has 1 aromatic heterocycles. The minimum Gasteiger partial charge on any atom is -0.469 e. The molecule has 0 saturated heterocycles. The molecule has 0 aromatic carbocycles. The molecule has 3 heteroatoms. The molecular formula is C9H13NO2. The van der Waals surface area contributed by atoms with Crippen molar-refractivity contribution in [2.24, 2.45) is 0 Å². The van der Waals surface area contributed by atoms with Crippen molar-refractivity contribution in [1.82, 2.24) is 4.98 Å². The van der Waals surface area contributed by atoms with Crippen molar-refractivity contribution in [2.75, 3.05) is 7.11 Å². The minimum atomic E-state index is -0.169. The number of aromatic nitrogens is 1. The molecule has 1 rings (SSSR count). The van der Waals surface area contributed by atoms with Gasteiger partial charge in [-0.1, -0.05) is 6.92 Å². The predicted octanol–water partition coefficient (Wildman–Crippen LogP) is 1.68. The Hall–Kier alpha value is -1.25. The molecule has 12 heavy (non-hydrogen) atoms. The fraction of sp³-hybridized carbons (Fsp3) is 0.444. The second kappa shape index (κ2) is 3.95. The lowest BCUT2D eigenvalue weighted by Crippen LogP contribution is -2.12. The molecule has 1 N–H and O–H groups in total. The second-order valence-corrected chi connectivity index (χ2v) is 2.63. The molecule has 0 aliphatic carbocycles. The molecule has 1 unspecified atom stereocenters. The Morgan fingerprint density at radius 1 is 1.75 bits per heavy atom. The average Bonchev–Trinajstić information content (AvgIpc) is 2.58. The van der Waals surface area contributed by atoms with Gasteiger partial charge in [-0.3, -0.25) is 4.79 Å². The number of aromatic amines is 1. The summed E-state index contributed by atoms with van der Waals surface area (Å²) in [6.45, 7) is 1.97. The van der Waals surface area contributed by atoms with Crippen molar-refractivity contribution >= 4 is 5.97 Å². The smallest absolute Gasteiger partial charge is 0.313 e. The molecule has 0 bridgehead atoms. The van der Waals surface area contributed by atoms with Crippen LogP contribution in [0, 0.1) is 0 Å². The van der Waals surface area contributed by atoms with Crippen LogP contribution in [0.5, 0.6) is 0 Å². The molecule has 0 fully saturated rings. The minimum absolute atomic E-state index is 0.124. The van der Waals surface area contributed by atoms with Crippen LogP contribution >= 0.6 is 0 Å². The fourth-order valence-corrected chi connectivity index (χ4v) is 1.23. The van der Waals surface area contributed by atoms with E-state index in [1.165, 1.54) is 7.11 Å². The van der Waals surface area contributed by atoms with E-state index in [4.69, 9.17) is 0 Å². The first-order valence-corrected chi connectivity index (χ1v) is 4.00. The van der Waals surface area contributed by atoms with E-state index >= 15 is 0 Å². The molecule has 0 amide bonds. The summed E-state index contributed by atoms with van der Waals surface area (Å²) in [5, 5.41) is 0. The SMILES string of the molecule is CCC(C(=O)OC)c1cc[nH]c1. The quantitative estimate of drug-likeness (QED) is 0.696. The standard InChI is InChI=1S/C9H13NO2/c1-3-8(9(11)12-2)7-4-5-10-6-7/h4-6,8,10H,3H2,1-2H3. The van der Waals surface area contributed by atoms with E-state index in [2.05, 4.69) is 9.72 Å². The maximum Gasteiger partial charge on any atom is 0.313 e. The van der Waals surface area contributed by atoms with Crippen LogP contribution in [0.1, 0.15) is 24.8 Å². The third kappa shape index (κ3) is 1.67. The highest BCUT2D eigenvalue weighted by Gasteiger charge is 2.18. The van der Waals surface area contributed by atoms with Gasteiger partial charge in [0.2, 0.25) is 0 Å². The van der Waals surface area contributed by atoms with E-state index in [9.17, 15) is 4.79 Å². The summed E-state index contributed by atoms with van der Waals surface area (Å²) in [4.78, 5) is 14.1. The molecule has 3 nitrogen and oxygen atoms in total. The third-order valence-electron chi connectivity index (χ3n) is 1.92. The monoisotopic (exact) mass is 167 g/mol. The summed E-state index contributed by atoms with van der Waals surface area (Å²) in [5.41, 5.74) is 0.990. The van der Waals surface area contributed by atoms with E-state index in [0.717, 1.165) is 12.0 Å². The Balaban J connectivity index is 2.76. The number of methoxy groups -OCH3 is 1. The lowest BCUT2D eigenvalue weighted by molar-refractivity contribution is -0.142. The van der Waals surface area contributed by atoms with Crippen LogP contribution in [0.15, 0.2) is 18.5 Å². The van der Waals surface area contributed by atoms with E-state index in [0.29, 0.717) is 0 Å². The maximum absolute atomic E-state index is 11.2. The van der Waals surface area contributed by atoms with Crippen molar-refractivity contribution in [2.45, 2.75) is 19.3 Å². The van der Waals surface area contributed by atoms with Crippen LogP contribution in [0.3, 0.4) is 0 Å². The fourth-order valence-electron chi connectivity index (χ4n) is 1.23. The van der Waals surface area contributed by atoms with Gasteiger partial charge in [0.25, 0.3) is 0 Å². The summed E-state index contributed by atoms with van der Waals surface area (Å²) in [7, 11) is 1.41. The van der Waals surface area contributed by atoms with Crippen LogP contribution < -0.4 is 0 Å². The molecule has 0 radical (unpaired) electrons. The number of carbonyl (C=O) groups excluding carboxylic acids is 1. The zero-order valence-electron chi connectivity index (χ0n) is 7.33. The number of ether oxygens (including phenoxy) is 1. The number of carbonyl (C=O) groups is 1. The topological polar surface area (TPSA) is 42.1 Å². The predicted molar refractivity (Wildman–Crippen MR) is 45.8 cm³/mol. The van der Waals surface area contributed by atoms with Crippen LogP contribution in [0.2, 0.25) is 0 Å². The van der Waals surface area contributed by atoms with Crippen LogP contribution in [0.25, 0.3) is 0 Å². The summed E-state index contributed by atoms with van der Waals surface area (Å²) in [6.07, 6.45) is 4.40. The van der Waals surface area contributed by atoms with Gasteiger partial charge in [-0.15, -0.1) is 0 Å². The second-order valence-electron chi connectivity index (χ2n) is 2.63. The highest BCUT2D eigenvalue weighted by atomic mass is 16.5. The van der Waals surface area contributed by atoms with E-state index in [-0.39, 0.29) is 11.9 Å². The van der Waals surface area contributed by atoms with Gasteiger partial charge in [0.15, 0.2) is 0 Å². The Labute approximate surface area is 71.7 Å². The summed E-state index contributed by atoms with van der Waals surface area (Å²) < 4.78 is 4.67. The van der Waals surface area contributed by atoms with Crippen molar-refractivity contribution < 1.29 is 9.53 Å². The van der Waals surface area contributed by atoms with Crippen LogP contribution in [-0.4, -0.2) is 18.1 Å². The Morgan fingerprint density at radius 2 is 2.50 bits per heavy atom. The molecular weight excluding hydrogens is 154 g/mol. The Morgan fingerprint density at radius 3 is 2.92 bits per heavy atom. The summed E-state index contributed by atoms with van der Waals surface area (Å²) in [5.74, 6) is -0.293. The highest BCUT2D eigenvalue weighted by Crippen LogP contribution is 2.19. The van der Waals surface area contributed by atoms with Gasteiger partial charge in [-0.25, -0.2) is 0 Å². The summed E-state index contributed by atoms with van der Waals surface area (Å²) in [6, 6.07) is 1.89. The molecule has 0 saturated carbocycles. The van der Waals surface area contributed by atoms with Gasteiger partial charge >= 0.3 is 5.97 Å². The highest BCUT2D eigenvalue weighted by molar-refractivity contribution is 5.77. The molecule has 0 aliphatic heterocycles. The molecule has 1 aromatic rings. The van der Waals surface area contributed by atoms with E-state index in [1.54, 1.807) is 6.20 Å². The van der Waals surface area contributed by atoms with Crippen molar-refractivity contribution in [3.8, 4) is 0 Å². The van der Waals surface area contributed by atoms with Gasteiger partial charge in [-0.05, 0) is 18.1 Å². The molecule has 0 spiro atoms. The number of hydrogen-bond acceptors (Lipinski definition) is 2. The first-order valence-electron chi connectivity index (χ1n) is 4.00. The van der Waals surface area contributed by atoms with Crippen LogP contribution in [-0.2, 0) is 9.53 Å². The number of H-pyrrole nitrogens is 1. The maximum atomic E-state index is 11.2. The number of esters is 1. The average molecular weight is 167 g/mol. The summed E-state index contributed by atoms with van der Waals surface area (Å²) >= 11 is 0. The van der Waals surface area contributed by atoms with E-state index in [1.807, 2.05) is 19.2 Å². The number of rotatable bonds is 3. The number of hydrogen-bond donors (Lipinski definition) is 1. The van der Waals surface area contributed by atoms with Crippen LogP contribution in [0.4, 0.5) is 0 Å². The van der Waals surface area contributed by atoms with E-state index < -0.39 is 0 Å². The van der Waals surface area contributed by atoms with Gasteiger partial charge in [0, 0.05) is 12.4 Å². The van der Waals surface area contributed by atoms with Gasteiger partial charge in [0.1, 0.15) is 0 Å².